The molecule has 0 aromatic carbocycles. The molecule has 18 rings (SSSR count). The first-order chi connectivity index (χ1) is 54.6. The highest BCUT2D eigenvalue weighted by Crippen LogP contribution is 2.66. The number of ether oxygens (including phenoxy) is 11. The van der Waals surface area contributed by atoms with Crippen molar-refractivity contribution in [3.05, 3.63) is 0 Å². The molecule has 0 spiro atoms. The van der Waals surface area contributed by atoms with E-state index in [9.17, 15) is 53.4 Å². The molecular weight excluding hydrogens is 1630 g/mol. The molecule has 18 fully saturated rings. The lowest BCUT2D eigenvalue weighted by Crippen LogP contribution is -2.67. The van der Waals surface area contributed by atoms with Gasteiger partial charge in [-0.3, -0.25) is 38.4 Å². The Balaban J connectivity index is 0.00000160. The van der Waals surface area contributed by atoms with E-state index in [2.05, 4.69) is 27.7 Å². The molecule has 2 N–H and O–H groups in total. The van der Waals surface area contributed by atoms with Crippen LogP contribution < -0.4 is 0 Å². The smallest absolute Gasteiger partial charge is 0.344 e. The highest BCUT2D eigenvalue weighted by atomic mass is 16.7. The highest BCUT2D eigenvalue weighted by Gasteiger charge is 2.67. The van der Waals surface area contributed by atoms with Gasteiger partial charge in [0.25, 0.3) is 0 Å². The van der Waals surface area contributed by atoms with Crippen molar-refractivity contribution >= 4 is 53.7 Å². The van der Waals surface area contributed by atoms with Gasteiger partial charge in [0.15, 0.2) is 12.4 Å². The normalized spacial score (nSPS) is 33.6. The summed E-state index contributed by atoms with van der Waals surface area (Å²) >= 11 is 0. The largest absolute Gasteiger partial charge is 0.462 e. The topological polar surface area (TPSA) is 296 Å². The number of carbonyl (C=O) groups is 9. The number of hydrogen-bond donors (Lipinski definition) is 2. The lowest BCUT2D eigenvalue weighted by atomic mass is 9.47. The zero-order valence-corrected chi connectivity index (χ0v) is 77.0. The molecule has 3 heterocycles. The molecule has 0 amide bonds. The summed E-state index contributed by atoms with van der Waals surface area (Å²) < 4.78 is 63.9. The van der Waals surface area contributed by atoms with Crippen LogP contribution in [0.25, 0.3) is 0 Å². The molecule has 0 radical (unpaired) electrons. The molecular formula is C106H196O22. The van der Waals surface area contributed by atoms with E-state index in [-0.39, 0.29) is 194 Å². The Bertz CT molecular complexity index is 3520. The molecule has 15 aliphatic carbocycles. The first kappa shape index (κ1) is 123. The Morgan fingerprint density at radius 2 is 0.875 bits per heavy atom. The Labute approximate surface area is 780 Å². The summed E-state index contributed by atoms with van der Waals surface area (Å²) in [5.74, 6) is 2.21. The van der Waals surface area contributed by atoms with Crippen molar-refractivity contribution in [3.63, 3.8) is 0 Å². The predicted molar refractivity (Wildman–Crippen MR) is 511 cm³/mol. The second-order valence-corrected chi connectivity index (χ2v) is 45.1. The predicted octanol–water partition coefficient (Wildman–Crippen LogP) is 24.8. The summed E-state index contributed by atoms with van der Waals surface area (Å²) in [4.78, 5) is 112. The summed E-state index contributed by atoms with van der Waals surface area (Å²) in [6.45, 7) is 44.6. The van der Waals surface area contributed by atoms with Crippen LogP contribution in [0.15, 0.2) is 0 Å². The monoisotopic (exact) mass is 1820 g/mol. The van der Waals surface area contributed by atoms with E-state index in [0.717, 1.165) is 127 Å². The van der Waals surface area contributed by atoms with Crippen molar-refractivity contribution in [2.45, 2.75) is 515 Å². The molecule has 0 aromatic rings. The Kier molecular flexibility index (Phi) is 44.3. The number of aliphatic hydroxyl groups is 2. The fraction of sp³-hybridized carbons (Fsp3) is 0.915. The molecule has 3 saturated heterocycles. The molecule has 3 aliphatic heterocycles. The zero-order valence-electron chi connectivity index (χ0n) is 77.0. The van der Waals surface area contributed by atoms with Gasteiger partial charge in [-0.15, -0.1) is 0 Å². The van der Waals surface area contributed by atoms with E-state index >= 15 is 0 Å². The summed E-state index contributed by atoms with van der Waals surface area (Å²) in [5.41, 5.74) is -6.73. The number of hydrogen-bond acceptors (Lipinski definition) is 22. The molecule has 18 aliphatic rings. The van der Waals surface area contributed by atoms with Gasteiger partial charge in [-0.1, -0.05) is 130 Å². The number of fused-ring (bicyclic) bond motifs is 1. The maximum Gasteiger partial charge on any atom is 0.344 e. The van der Waals surface area contributed by atoms with Crippen LogP contribution in [0.2, 0.25) is 0 Å². The average molecular weight is 1820 g/mol. The second kappa shape index (κ2) is 46.1. The summed E-state index contributed by atoms with van der Waals surface area (Å²) in [6.07, 6.45) is 26.8. The van der Waals surface area contributed by atoms with Crippen molar-refractivity contribution in [1.82, 2.24) is 0 Å². The first-order valence-corrected chi connectivity index (χ1v) is 46.3. The Morgan fingerprint density at radius 1 is 0.445 bits per heavy atom. The van der Waals surface area contributed by atoms with Crippen LogP contribution >= 0.6 is 0 Å². The molecule has 0 aromatic heterocycles. The van der Waals surface area contributed by atoms with Gasteiger partial charge >= 0.3 is 53.7 Å². The summed E-state index contributed by atoms with van der Waals surface area (Å²) in [7, 11) is 0. The third kappa shape index (κ3) is 28.4. The second-order valence-electron chi connectivity index (χ2n) is 45.1. The molecule has 752 valence electrons. The van der Waals surface area contributed by atoms with Crippen LogP contribution in [-0.2, 0) is 95.3 Å². The fourth-order valence-corrected chi connectivity index (χ4v) is 23.9. The Hall–Kier alpha value is -4.93. The quantitative estimate of drug-likeness (QED) is 0.0670. The highest BCUT2D eigenvalue weighted by molar-refractivity contribution is 5.81. The lowest BCUT2D eigenvalue weighted by molar-refractivity contribution is -0.305. The average Bonchev–Trinajstić information content (AvgIpc) is 0.851. The van der Waals surface area contributed by atoms with Gasteiger partial charge in [-0.2, -0.15) is 0 Å². The molecule has 11 atom stereocenters. The molecule has 15 saturated carbocycles. The zero-order chi connectivity index (χ0) is 87.4. The number of rotatable bonds is 24. The van der Waals surface area contributed by atoms with Crippen LogP contribution in [-0.4, -0.2) is 147 Å². The van der Waals surface area contributed by atoms with Gasteiger partial charge in [-0.05, 0) is 330 Å². The van der Waals surface area contributed by atoms with E-state index in [1.807, 2.05) is 104 Å². The van der Waals surface area contributed by atoms with Crippen LogP contribution in [0.1, 0.15) is 445 Å². The SMILES string of the molecule is C.C.C.C.C.C.C.C.C.C.CCC(C)(C)C(=O)OC1(C(C)C)C2CC3CC(C2)CC1C3.CCC(C)(C)C(=O)OC12CC3CC(C1)CC(C(=O)OCC1CC(CC(=O)OC(C)(C)C)OC(C)(C)O1)(C3)C2.CCC(C)(C)C(=O)OC12CC3CC(O)(CC(O)(C3)C1)C2.CCC(C)(C)C(=O)OCC(=O)OC1C2CC3CC(C2)C(=O)OC1C3.CCC1(OC(=O)C(C)(C)CC)CCCC1. The van der Waals surface area contributed by atoms with Crippen LogP contribution in [0.5, 0.6) is 0 Å². The van der Waals surface area contributed by atoms with Gasteiger partial charge < -0.3 is 62.3 Å². The van der Waals surface area contributed by atoms with Crippen LogP contribution in [0, 0.1) is 97.6 Å². The van der Waals surface area contributed by atoms with Crippen molar-refractivity contribution in [1.29, 1.82) is 0 Å². The van der Waals surface area contributed by atoms with E-state index in [1.165, 1.54) is 44.9 Å². The van der Waals surface area contributed by atoms with Gasteiger partial charge in [0, 0.05) is 38.0 Å². The van der Waals surface area contributed by atoms with Crippen molar-refractivity contribution in [3.8, 4) is 0 Å². The van der Waals surface area contributed by atoms with Gasteiger partial charge in [-0.25, -0.2) is 4.79 Å². The minimum Gasteiger partial charge on any atom is -0.462 e. The lowest BCUT2D eigenvalue weighted by Gasteiger charge is -2.62. The molecule has 22 nitrogen and oxygen atoms in total. The fourth-order valence-electron chi connectivity index (χ4n) is 23.9. The molecule has 128 heavy (non-hydrogen) atoms. The minimum atomic E-state index is -0.910. The summed E-state index contributed by atoms with van der Waals surface area (Å²) in [5, 5.41) is 21.3. The molecule has 22 heteroatoms. The standard InChI is InChI=1S/C30H48O8.C19H32O2.C18H26O6.C16H26O4.C13H24O2.10CH4/c1-9-27(5,6)24(32)38-30-15-19-10-20(16-30)14-29(13-19,18-30)25(33)34-17-22-11-21(35-28(7,8)36-22)12-23(31)37-26(2,3)4;1-6-18(4,5)17(20)21-19(12(2)3)15-8-13-7-14(10-15)11-16(19)9-13;1-4-18(2,3)17(21)22-9-14(19)24-15-11-5-10-6-12(8-11)16(20)23-13(15)7-10;1-4-13(2,3)12(17)20-16-7-11-5-14(18,9-16)8-15(19,6-11)10-16;1-5-12(3,4)11(14)15-13(6-2)9-7-8-10-13;;;;;;;;;;/h19-22H,9-18H2,1-8H3;12-16H,6-11H2,1-5H3;10-13,15H,4-9H2,1-3H3;11,18-19H,4-10H2,1-3H3;5-10H2,1-4H3;10*1H4. The van der Waals surface area contributed by atoms with Gasteiger partial charge in [0.2, 0.25) is 0 Å². The molecule has 16 bridgehead atoms. The molecule has 11 unspecified atom stereocenters. The van der Waals surface area contributed by atoms with Crippen molar-refractivity contribution in [2.75, 3.05) is 13.2 Å². The Morgan fingerprint density at radius 3 is 1.33 bits per heavy atom. The minimum absolute atomic E-state index is 0. The van der Waals surface area contributed by atoms with Gasteiger partial charge in [0.1, 0.15) is 46.8 Å². The van der Waals surface area contributed by atoms with Crippen molar-refractivity contribution < 1.29 is 105 Å². The number of carbonyl (C=O) groups excluding carboxylic acids is 9. The van der Waals surface area contributed by atoms with E-state index in [1.54, 1.807) is 27.7 Å². The van der Waals surface area contributed by atoms with Crippen LogP contribution in [0.3, 0.4) is 0 Å². The summed E-state index contributed by atoms with van der Waals surface area (Å²) in [6, 6.07) is 0. The maximum absolute atomic E-state index is 13.7. The van der Waals surface area contributed by atoms with E-state index < -0.39 is 73.5 Å². The van der Waals surface area contributed by atoms with E-state index in [0.29, 0.717) is 80.5 Å². The first-order valence-electron chi connectivity index (χ1n) is 46.3. The van der Waals surface area contributed by atoms with Crippen LogP contribution in [0.4, 0.5) is 0 Å². The number of esters is 9. The maximum atomic E-state index is 13.7. The third-order valence-corrected chi connectivity index (χ3v) is 31.3. The van der Waals surface area contributed by atoms with E-state index in [4.69, 9.17) is 52.1 Å². The van der Waals surface area contributed by atoms with Gasteiger partial charge in [0.05, 0.1) is 68.2 Å². The third-order valence-electron chi connectivity index (χ3n) is 31.3. The van der Waals surface area contributed by atoms with Crippen molar-refractivity contribution in [2.24, 2.45) is 97.6 Å².